The van der Waals surface area contributed by atoms with Gasteiger partial charge in [0.25, 0.3) is 0 Å². The van der Waals surface area contributed by atoms with Gasteiger partial charge in [-0.05, 0) is 50.6 Å². The van der Waals surface area contributed by atoms with Crippen LogP contribution >= 0.6 is 0 Å². The highest BCUT2D eigenvalue weighted by Gasteiger charge is 2.12. The number of aliphatic hydroxyl groups excluding tert-OH is 1. The van der Waals surface area contributed by atoms with Crippen LogP contribution in [-0.2, 0) is 0 Å². The van der Waals surface area contributed by atoms with Crippen molar-refractivity contribution in [2.45, 2.75) is 32.9 Å². The number of rotatable bonds is 7. The summed E-state index contributed by atoms with van der Waals surface area (Å²) < 4.78 is 11.1. The lowest BCUT2D eigenvalue weighted by atomic mass is 10.2. The minimum absolute atomic E-state index is 0.0623. The molecule has 21 heavy (non-hydrogen) atoms. The van der Waals surface area contributed by atoms with Gasteiger partial charge < -0.3 is 19.6 Å². The number of furan rings is 1. The second-order valence-corrected chi connectivity index (χ2v) is 5.36. The molecule has 0 fully saturated rings. The van der Waals surface area contributed by atoms with Crippen LogP contribution in [0.1, 0.15) is 30.0 Å². The fraction of sp³-hybridized carbons (Fsp3) is 0.412. The van der Waals surface area contributed by atoms with Gasteiger partial charge in [-0.1, -0.05) is 12.1 Å². The summed E-state index contributed by atoms with van der Waals surface area (Å²) in [5, 5.41) is 13.2. The van der Waals surface area contributed by atoms with Crippen LogP contribution in [0.25, 0.3) is 0 Å². The van der Waals surface area contributed by atoms with Crippen molar-refractivity contribution in [2.75, 3.05) is 13.2 Å². The first-order valence-corrected chi connectivity index (χ1v) is 7.22. The molecular formula is C17H23NO3. The number of hydrogen-bond donors (Lipinski definition) is 2. The molecule has 2 atom stereocenters. The zero-order chi connectivity index (χ0) is 15.2. The zero-order valence-electron chi connectivity index (χ0n) is 12.8. The summed E-state index contributed by atoms with van der Waals surface area (Å²) in [5.74, 6) is 2.55. The third-order valence-electron chi connectivity index (χ3n) is 3.28. The van der Waals surface area contributed by atoms with E-state index in [9.17, 15) is 5.11 Å². The first kappa shape index (κ1) is 15.6. The Morgan fingerprint density at radius 3 is 2.71 bits per heavy atom. The number of nitrogens with one attached hydrogen (secondary N) is 1. The topological polar surface area (TPSA) is 54.6 Å². The van der Waals surface area contributed by atoms with Crippen molar-refractivity contribution < 1.29 is 14.3 Å². The molecule has 0 aliphatic carbocycles. The highest BCUT2D eigenvalue weighted by Crippen LogP contribution is 2.15. The van der Waals surface area contributed by atoms with E-state index in [0.717, 1.165) is 22.8 Å². The SMILES string of the molecule is Cc1cccc(OCC(O)CNC(C)c2ccc(C)o2)c1. The first-order chi connectivity index (χ1) is 10.0. The molecule has 4 nitrogen and oxygen atoms in total. The van der Waals surface area contributed by atoms with Gasteiger partial charge >= 0.3 is 0 Å². The molecule has 0 aliphatic rings. The van der Waals surface area contributed by atoms with Gasteiger partial charge in [0, 0.05) is 6.54 Å². The molecule has 0 saturated heterocycles. The lowest BCUT2D eigenvalue weighted by molar-refractivity contribution is 0.103. The minimum atomic E-state index is -0.566. The summed E-state index contributed by atoms with van der Waals surface area (Å²) in [4.78, 5) is 0. The van der Waals surface area contributed by atoms with Crippen LogP contribution in [0, 0.1) is 13.8 Å². The highest BCUT2D eigenvalue weighted by molar-refractivity contribution is 5.27. The normalized spacial score (nSPS) is 13.9. The second-order valence-electron chi connectivity index (χ2n) is 5.36. The van der Waals surface area contributed by atoms with Crippen molar-refractivity contribution in [3.8, 4) is 5.75 Å². The Hall–Kier alpha value is -1.78. The molecule has 0 spiro atoms. The first-order valence-electron chi connectivity index (χ1n) is 7.22. The maximum absolute atomic E-state index is 9.96. The predicted molar refractivity (Wildman–Crippen MR) is 82.5 cm³/mol. The second kappa shape index (κ2) is 7.29. The van der Waals surface area contributed by atoms with Gasteiger partial charge in [-0.25, -0.2) is 0 Å². The standard InChI is InChI=1S/C17H23NO3/c1-12-5-4-6-16(9-12)20-11-15(19)10-18-14(3)17-8-7-13(2)21-17/h4-9,14-15,18-19H,10-11H2,1-3H3. The number of aryl methyl sites for hydroxylation is 2. The van der Waals surface area contributed by atoms with Crippen molar-refractivity contribution in [2.24, 2.45) is 0 Å². The van der Waals surface area contributed by atoms with Gasteiger partial charge in [0.1, 0.15) is 30.0 Å². The third-order valence-corrected chi connectivity index (χ3v) is 3.28. The molecule has 2 N–H and O–H groups in total. The van der Waals surface area contributed by atoms with E-state index in [4.69, 9.17) is 9.15 Å². The summed E-state index contributed by atoms with van der Waals surface area (Å²) >= 11 is 0. The molecule has 1 heterocycles. The summed E-state index contributed by atoms with van der Waals surface area (Å²) in [6.45, 7) is 6.65. The van der Waals surface area contributed by atoms with Gasteiger partial charge in [0.15, 0.2) is 0 Å². The average molecular weight is 289 g/mol. The maximum Gasteiger partial charge on any atom is 0.120 e. The van der Waals surface area contributed by atoms with Crippen LogP contribution in [-0.4, -0.2) is 24.4 Å². The molecule has 4 heteroatoms. The quantitative estimate of drug-likeness (QED) is 0.823. The van der Waals surface area contributed by atoms with E-state index in [2.05, 4.69) is 5.32 Å². The Labute approximate surface area is 125 Å². The van der Waals surface area contributed by atoms with E-state index < -0.39 is 6.10 Å². The van der Waals surface area contributed by atoms with Crippen LogP contribution in [0.2, 0.25) is 0 Å². The Morgan fingerprint density at radius 1 is 1.24 bits per heavy atom. The van der Waals surface area contributed by atoms with Gasteiger partial charge in [0.2, 0.25) is 0 Å². The van der Waals surface area contributed by atoms with Gasteiger partial charge in [0.05, 0.1) is 6.04 Å². The molecule has 114 valence electrons. The maximum atomic E-state index is 9.96. The fourth-order valence-electron chi connectivity index (χ4n) is 2.06. The number of ether oxygens (including phenoxy) is 1. The molecule has 2 rings (SSSR count). The monoisotopic (exact) mass is 289 g/mol. The van der Waals surface area contributed by atoms with Crippen molar-refractivity contribution in [1.29, 1.82) is 0 Å². The summed E-state index contributed by atoms with van der Waals surface area (Å²) in [5.41, 5.74) is 1.14. The molecule has 2 unspecified atom stereocenters. The molecule has 1 aromatic heterocycles. The van der Waals surface area contributed by atoms with Crippen molar-refractivity contribution in [3.05, 3.63) is 53.5 Å². The van der Waals surface area contributed by atoms with E-state index in [-0.39, 0.29) is 12.6 Å². The molecule has 0 bridgehead atoms. The van der Waals surface area contributed by atoms with Crippen LogP contribution in [0.4, 0.5) is 0 Å². The van der Waals surface area contributed by atoms with Crippen LogP contribution in [0.15, 0.2) is 40.8 Å². The number of hydrogen-bond acceptors (Lipinski definition) is 4. The fourth-order valence-corrected chi connectivity index (χ4v) is 2.06. The lowest BCUT2D eigenvalue weighted by Crippen LogP contribution is -2.32. The lowest BCUT2D eigenvalue weighted by Gasteiger charge is -2.16. The molecule has 0 radical (unpaired) electrons. The largest absolute Gasteiger partial charge is 0.491 e. The van der Waals surface area contributed by atoms with E-state index in [1.165, 1.54) is 0 Å². The van der Waals surface area contributed by atoms with Gasteiger partial charge in [-0.3, -0.25) is 0 Å². The Kier molecular flexibility index (Phi) is 5.42. The molecule has 0 aliphatic heterocycles. The summed E-state index contributed by atoms with van der Waals surface area (Å²) in [6.07, 6.45) is -0.566. The molecular weight excluding hydrogens is 266 g/mol. The minimum Gasteiger partial charge on any atom is -0.491 e. The van der Waals surface area contributed by atoms with Gasteiger partial charge in [-0.2, -0.15) is 0 Å². The number of aliphatic hydroxyl groups is 1. The Morgan fingerprint density at radius 2 is 2.05 bits per heavy atom. The van der Waals surface area contributed by atoms with Crippen LogP contribution in [0.3, 0.4) is 0 Å². The Balaban J connectivity index is 1.73. The van der Waals surface area contributed by atoms with E-state index in [1.54, 1.807) is 0 Å². The predicted octanol–water partition coefficient (Wildman–Crippen LogP) is 2.99. The molecule has 0 saturated carbocycles. The van der Waals surface area contributed by atoms with Crippen molar-refractivity contribution in [1.82, 2.24) is 5.32 Å². The van der Waals surface area contributed by atoms with Crippen LogP contribution in [0.5, 0.6) is 5.75 Å². The van der Waals surface area contributed by atoms with E-state index >= 15 is 0 Å². The van der Waals surface area contributed by atoms with E-state index in [0.29, 0.717) is 6.54 Å². The Bertz CT molecular complexity index is 565. The molecule has 1 aromatic carbocycles. The van der Waals surface area contributed by atoms with Crippen LogP contribution < -0.4 is 10.1 Å². The van der Waals surface area contributed by atoms with Crippen molar-refractivity contribution >= 4 is 0 Å². The molecule has 2 aromatic rings. The molecule has 0 amide bonds. The smallest absolute Gasteiger partial charge is 0.120 e. The zero-order valence-corrected chi connectivity index (χ0v) is 12.8. The summed E-state index contributed by atoms with van der Waals surface area (Å²) in [7, 11) is 0. The average Bonchev–Trinajstić information content (AvgIpc) is 2.89. The van der Waals surface area contributed by atoms with Crippen molar-refractivity contribution in [3.63, 3.8) is 0 Å². The summed E-state index contributed by atoms with van der Waals surface area (Å²) in [6, 6.07) is 11.7. The van der Waals surface area contributed by atoms with E-state index in [1.807, 2.05) is 57.2 Å². The number of benzene rings is 1. The third kappa shape index (κ3) is 4.92. The van der Waals surface area contributed by atoms with Gasteiger partial charge in [-0.15, -0.1) is 0 Å². The highest BCUT2D eigenvalue weighted by atomic mass is 16.5.